The molecule has 0 saturated carbocycles. The van der Waals surface area contributed by atoms with Crippen LogP contribution in [0.3, 0.4) is 0 Å². The first kappa shape index (κ1) is 15.1. The molecule has 3 N–H and O–H groups in total. The number of aromatic nitrogens is 2. The van der Waals surface area contributed by atoms with E-state index >= 15 is 0 Å². The summed E-state index contributed by atoms with van der Waals surface area (Å²) in [5.41, 5.74) is -0.687. The Morgan fingerprint density at radius 3 is 2.90 bits per heavy atom. The van der Waals surface area contributed by atoms with Gasteiger partial charge in [0, 0.05) is 18.2 Å². The van der Waals surface area contributed by atoms with Crippen LogP contribution in [0.2, 0.25) is 0 Å². The summed E-state index contributed by atoms with van der Waals surface area (Å²) in [7, 11) is -4.23. The molecule has 20 heavy (non-hydrogen) atoms. The third kappa shape index (κ3) is 3.65. The molecule has 0 radical (unpaired) electrons. The molecule has 1 aliphatic rings. The molecule has 1 aliphatic heterocycles. The van der Waals surface area contributed by atoms with Crippen molar-refractivity contribution >= 4 is 7.60 Å². The number of hydrogen-bond acceptors (Lipinski definition) is 5. The van der Waals surface area contributed by atoms with Crippen molar-refractivity contribution in [2.45, 2.75) is 25.7 Å². The molecular weight excluding hydrogens is 291 g/mol. The Labute approximate surface area is 113 Å². The maximum Gasteiger partial charge on any atom is 0.350 e. The third-order valence-electron chi connectivity index (χ3n) is 2.87. The van der Waals surface area contributed by atoms with Gasteiger partial charge in [-0.2, -0.15) is 0 Å². The molecule has 1 fully saturated rings. The lowest BCUT2D eigenvalue weighted by molar-refractivity contribution is 0.0324. The van der Waals surface area contributed by atoms with Crippen LogP contribution in [-0.2, 0) is 14.0 Å². The van der Waals surface area contributed by atoms with Gasteiger partial charge in [0.25, 0.3) is 5.56 Å². The molecule has 1 aromatic heterocycles. The molecule has 112 valence electrons. The normalized spacial score (nSPS) is 23.1. The van der Waals surface area contributed by atoms with Crippen molar-refractivity contribution in [2.75, 3.05) is 13.0 Å². The van der Waals surface area contributed by atoms with Crippen LogP contribution in [0.1, 0.15) is 18.2 Å². The van der Waals surface area contributed by atoms with Crippen LogP contribution < -0.4 is 11.2 Å². The second-order valence-electron chi connectivity index (χ2n) is 4.58. The zero-order chi connectivity index (χ0) is 14.9. The molecule has 0 amide bonds. The summed E-state index contributed by atoms with van der Waals surface area (Å²) in [6.07, 6.45) is -0.165. The summed E-state index contributed by atoms with van der Waals surface area (Å²) < 4.78 is 22.3. The van der Waals surface area contributed by atoms with Crippen LogP contribution >= 0.6 is 7.60 Å². The minimum Gasteiger partial charge on any atom is -0.363 e. The minimum absolute atomic E-state index is 0.120. The molecule has 1 aromatic rings. The number of H-pyrrole nitrogens is 1. The van der Waals surface area contributed by atoms with Gasteiger partial charge in [-0.3, -0.25) is 18.9 Å². The van der Waals surface area contributed by atoms with Gasteiger partial charge >= 0.3 is 13.3 Å². The van der Waals surface area contributed by atoms with Crippen LogP contribution in [0.4, 0.5) is 0 Å². The predicted molar refractivity (Wildman–Crippen MR) is 67.4 cm³/mol. The standard InChI is InChI=1S/C10H15N2O7P/c1-6-3-12(10(14)11-9(6)13)8-2-7(4-18-8)19-5-20(15,16)17/h3,7-8H,2,4-5H2,1H3,(H,11,13,14)(H2,15,16,17). The Morgan fingerprint density at radius 1 is 1.55 bits per heavy atom. The zero-order valence-corrected chi connectivity index (χ0v) is 11.6. The van der Waals surface area contributed by atoms with Crippen molar-refractivity contribution in [3.63, 3.8) is 0 Å². The first-order valence-electron chi connectivity index (χ1n) is 5.86. The van der Waals surface area contributed by atoms with Crippen LogP contribution in [0.25, 0.3) is 0 Å². The molecule has 2 rings (SSSR count). The Morgan fingerprint density at radius 2 is 2.25 bits per heavy atom. The molecule has 0 aromatic carbocycles. The highest BCUT2D eigenvalue weighted by Gasteiger charge is 2.30. The monoisotopic (exact) mass is 306 g/mol. The van der Waals surface area contributed by atoms with Crippen molar-refractivity contribution < 1.29 is 23.8 Å². The van der Waals surface area contributed by atoms with Gasteiger partial charge in [-0.25, -0.2) is 4.79 Å². The second-order valence-corrected chi connectivity index (χ2v) is 6.17. The highest BCUT2D eigenvalue weighted by atomic mass is 31.2. The van der Waals surface area contributed by atoms with E-state index in [1.807, 2.05) is 0 Å². The lowest BCUT2D eigenvalue weighted by atomic mass is 10.3. The van der Waals surface area contributed by atoms with Crippen LogP contribution in [0, 0.1) is 6.92 Å². The van der Waals surface area contributed by atoms with E-state index < -0.39 is 37.5 Å². The first-order valence-corrected chi connectivity index (χ1v) is 7.66. The van der Waals surface area contributed by atoms with Crippen molar-refractivity contribution in [1.82, 2.24) is 9.55 Å². The van der Waals surface area contributed by atoms with Gasteiger partial charge < -0.3 is 19.3 Å². The molecular formula is C10H15N2O7P. The van der Waals surface area contributed by atoms with Crippen LogP contribution in [-0.4, -0.2) is 38.4 Å². The van der Waals surface area contributed by atoms with Gasteiger partial charge in [0.05, 0.1) is 12.7 Å². The molecule has 1 saturated heterocycles. The number of aryl methyl sites for hydroxylation is 1. The number of aromatic amines is 1. The fraction of sp³-hybridized carbons (Fsp3) is 0.600. The number of hydrogen-bond donors (Lipinski definition) is 3. The Kier molecular flexibility index (Phi) is 4.26. The van der Waals surface area contributed by atoms with E-state index in [0.29, 0.717) is 5.56 Å². The highest BCUT2D eigenvalue weighted by Crippen LogP contribution is 2.36. The van der Waals surface area contributed by atoms with E-state index in [2.05, 4.69) is 4.98 Å². The second kappa shape index (κ2) is 5.63. The van der Waals surface area contributed by atoms with Crippen molar-refractivity contribution in [3.8, 4) is 0 Å². The van der Waals surface area contributed by atoms with E-state index in [-0.39, 0.29) is 13.0 Å². The third-order valence-corrected chi connectivity index (χ3v) is 3.36. The van der Waals surface area contributed by atoms with E-state index in [4.69, 9.17) is 19.3 Å². The van der Waals surface area contributed by atoms with Gasteiger partial charge in [0.1, 0.15) is 12.6 Å². The fourth-order valence-electron chi connectivity index (χ4n) is 1.89. The number of nitrogens with one attached hydrogen (secondary N) is 1. The molecule has 2 heterocycles. The smallest absolute Gasteiger partial charge is 0.350 e. The SMILES string of the molecule is Cc1cn(C2CC(OCP(=O)(O)O)CO2)c(=O)[nH]c1=O. The van der Waals surface area contributed by atoms with E-state index in [1.165, 1.54) is 10.8 Å². The van der Waals surface area contributed by atoms with Gasteiger partial charge in [-0.05, 0) is 6.92 Å². The number of ether oxygens (including phenoxy) is 2. The molecule has 0 spiro atoms. The summed E-state index contributed by atoms with van der Waals surface area (Å²) in [6, 6.07) is 0. The van der Waals surface area contributed by atoms with E-state index in [9.17, 15) is 14.2 Å². The minimum atomic E-state index is -4.23. The molecule has 9 nitrogen and oxygen atoms in total. The molecule has 2 unspecified atom stereocenters. The summed E-state index contributed by atoms with van der Waals surface area (Å²) in [6.45, 7) is 1.68. The molecule has 0 bridgehead atoms. The zero-order valence-electron chi connectivity index (χ0n) is 10.7. The first-order chi connectivity index (χ1) is 9.26. The quantitative estimate of drug-likeness (QED) is 0.626. The van der Waals surface area contributed by atoms with Gasteiger partial charge in [0.15, 0.2) is 0 Å². The molecule has 0 aliphatic carbocycles. The Bertz CT molecular complexity index is 646. The Hall–Kier alpha value is -1.25. The van der Waals surface area contributed by atoms with Gasteiger partial charge in [0.2, 0.25) is 0 Å². The maximum absolute atomic E-state index is 11.7. The summed E-state index contributed by atoms with van der Waals surface area (Å²) in [5, 5.41) is 0. The van der Waals surface area contributed by atoms with Crippen molar-refractivity contribution in [2.24, 2.45) is 0 Å². The molecule has 10 heteroatoms. The maximum atomic E-state index is 11.7. The topological polar surface area (TPSA) is 131 Å². The van der Waals surface area contributed by atoms with Crippen molar-refractivity contribution in [3.05, 3.63) is 32.6 Å². The van der Waals surface area contributed by atoms with Crippen LogP contribution in [0.15, 0.2) is 15.8 Å². The Balaban J connectivity index is 2.06. The van der Waals surface area contributed by atoms with Gasteiger partial charge in [-0.15, -0.1) is 0 Å². The number of rotatable bonds is 4. The number of nitrogens with zero attached hydrogens (tertiary/aromatic N) is 1. The van der Waals surface area contributed by atoms with Crippen molar-refractivity contribution in [1.29, 1.82) is 0 Å². The molecule has 2 atom stereocenters. The van der Waals surface area contributed by atoms with Gasteiger partial charge in [-0.1, -0.05) is 0 Å². The largest absolute Gasteiger partial charge is 0.363 e. The predicted octanol–water partition coefficient (Wildman–Crippen LogP) is -0.716. The van der Waals surface area contributed by atoms with E-state index in [1.54, 1.807) is 6.92 Å². The average molecular weight is 306 g/mol. The lowest BCUT2D eigenvalue weighted by Crippen LogP contribution is -2.33. The summed E-state index contributed by atoms with van der Waals surface area (Å²) in [5.74, 6) is 0. The van der Waals surface area contributed by atoms with E-state index in [0.717, 1.165) is 0 Å². The van der Waals surface area contributed by atoms with Crippen LogP contribution in [0.5, 0.6) is 0 Å². The summed E-state index contributed by atoms with van der Waals surface area (Å²) >= 11 is 0. The summed E-state index contributed by atoms with van der Waals surface area (Å²) in [4.78, 5) is 42.5. The fourth-order valence-corrected chi connectivity index (χ4v) is 2.30. The lowest BCUT2D eigenvalue weighted by Gasteiger charge is -2.13. The highest BCUT2D eigenvalue weighted by molar-refractivity contribution is 7.51. The average Bonchev–Trinajstić information content (AvgIpc) is 2.79.